The van der Waals surface area contributed by atoms with E-state index in [0.29, 0.717) is 17.0 Å². The van der Waals surface area contributed by atoms with Gasteiger partial charge in [0.2, 0.25) is 0 Å². The Morgan fingerprint density at radius 1 is 1.33 bits per heavy atom. The van der Waals surface area contributed by atoms with Gasteiger partial charge < -0.3 is 9.72 Å². The van der Waals surface area contributed by atoms with Gasteiger partial charge in [0.1, 0.15) is 11.8 Å². The van der Waals surface area contributed by atoms with Crippen molar-refractivity contribution in [1.29, 1.82) is 0 Å². The van der Waals surface area contributed by atoms with E-state index in [9.17, 15) is 4.79 Å². The Morgan fingerprint density at radius 3 is 2.90 bits per heavy atom. The van der Waals surface area contributed by atoms with Crippen LogP contribution in [0.1, 0.15) is 17.0 Å². The molecule has 0 saturated carbocycles. The summed E-state index contributed by atoms with van der Waals surface area (Å²) in [4.78, 5) is 27.0. The maximum atomic E-state index is 11.5. The lowest BCUT2D eigenvalue weighted by Crippen LogP contribution is -2.07. The zero-order chi connectivity index (χ0) is 15.0. The van der Waals surface area contributed by atoms with Gasteiger partial charge in [-0.3, -0.25) is 4.79 Å². The summed E-state index contributed by atoms with van der Waals surface area (Å²) >= 11 is 0. The highest BCUT2D eigenvalue weighted by Crippen LogP contribution is 2.20. The lowest BCUT2D eigenvalue weighted by Gasteiger charge is -2.04. The van der Waals surface area contributed by atoms with Crippen LogP contribution in [0.5, 0.6) is 0 Å². The first-order chi connectivity index (χ1) is 10.1. The first kappa shape index (κ1) is 13.2. The van der Waals surface area contributed by atoms with Crippen LogP contribution in [-0.4, -0.2) is 42.8 Å². The van der Waals surface area contributed by atoms with E-state index in [1.165, 1.54) is 13.4 Å². The second-order valence-corrected chi connectivity index (χ2v) is 4.61. The van der Waals surface area contributed by atoms with Gasteiger partial charge in [-0.2, -0.15) is 5.10 Å². The molecule has 1 N–H and O–H groups in total. The van der Waals surface area contributed by atoms with E-state index in [4.69, 9.17) is 4.74 Å². The minimum Gasteiger partial charge on any atom is -0.469 e. The number of carbonyl (C=O) groups is 1. The number of aromatic amines is 1. The SMILES string of the molecule is COC(=O)Cc1c(C)nn(-c2ncnc3nc[nH]c23)c1C. The molecule has 8 heteroatoms. The van der Waals surface area contributed by atoms with Crippen molar-refractivity contribution in [2.45, 2.75) is 20.3 Å². The van der Waals surface area contributed by atoms with Gasteiger partial charge in [-0.25, -0.2) is 19.6 Å². The van der Waals surface area contributed by atoms with E-state index in [2.05, 4.69) is 25.0 Å². The smallest absolute Gasteiger partial charge is 0.310 e. The Bertz CT molecular complexity index is 819. The summed E-state index contributed by atoms with van der Waals surface area (Å²) in [6.45, 7) is 3.75. The van der Waals surface area contributed by atoms with Crippen LogP contribution in [-0.2, 0) is 16.0 Å². The van der Waals surface area contributed by atoms with E-state index in [-0.39, 0.29) is 12.4 Å². The topological polar surface area (TPSA) is 98.6 Å². The average molecular weight is 286 g/mol. The molecule has 0 saturated heterocycles. The summed E-state index contributed by atoms with van der Waals surface area (Å²) in [5, 5.41) is 4.47. The van der Waals surface area contributed by atoms with Crippen molar-refractivity contribution in [3.05, 3.63) is 29.6 Å². The van der Waals surface area contributed by atoms with Crippen LogP contribution in [0.2, 0.25) is 0 Å². The van der Waals surface area contributed by atoms with Crippen molar-refractivity contribution in [3.63, 3.8) is 0 Å². The number of fused-ring (bicyclic) bond motifs is 1. The fraction of sp³-hybridized carbons (Fsp3) is 0.308. The first-order valence-electron chi connectivity index (χ1n) is 6.38. The second kappa shape index (κ2) is 4.97. The molecular formula is C13H14N6O2. The third-order valence-electron chi connectivity index (χ3n) is 3.39. The number of nitrogens with zero attached hydrogens (tertiary/aromatic N) is 5. The molecule has 3 aromatic rings. The quantitative estimate of drug-likeness (QED) is 0.717. The number of hydrogen-bond acceptors (Lipinski definition) is 6. The van der Waals surface area contributed by atoms with Crippen LogP contribution in [0, 0.1) is 13.8 Å². The number of esters is 1. The zero-order valence-corrected chi connectivity index (χ0v) is 11.9. The molecule has 0 bridgehead atoms. The number of nitrogens with one attached hydrogen (secondary N) is 1. The van der Waals surface area contributed by atoms with Crippen LogP contribution in [0.3, 0.4) is 0 Å². The Hall–Kier alpha value is -2.77. The third kappa shape index (κ3) is 2.14. The molecule has 0 aliphatic heterocycles. The molecule has 0 spiro atoms. The first-order valence-corrected chi connectivity index (χ1v) is 6.38. The van der Waals surface area contributed by atoms with Gasteiger partial charge in [-0.05, 0) is 13.8 Å². The fourth-order valence-corrected chi connectivity index (χ4v) is 2.27. The molecule has 0 amide bonds. The molecule has 8 nitrogen and oxygen atoms in total. The van der Waals surface area contributed by atoms with Gasteiger partial charge in [-0.1, -0.05) is 0 Å². The summed E-state index contributed by atoms with van der Waals surface area (Å²) < 4.78 is 6.41. The van der Waals surface area contributed by atoms with Crippen LogP contribution in [0.15, 0.2) is 12.7 Å². The number of carbonyl (C=O) groups excluding carboxylic acids is 1. The minimum atomic E-state index is -0.296. The normalized spacial score (nSPS) is 11.0. The Morgan fingerprint density at radius 2 is 2.14 bits per heavy atom. The van der Waals surface area contributed by atoms with Crippen LogP contribution < -0.4 is 0 Å². The fourth-order valence-electron chi connectivity index (χ4n) is 2.27. The third-order valence-corrected chi connectivity index (χ3v) is 3.39. The maximum Gasteiger partial charge on any atom is 0.310 e. The van der Waals surface area contributed by atoms with Gasteiger partial charge in [-0.15, -0.1) is 0 Å². The molecule has 0 atom stereocenters. The predicted molar refractivity (Wildman–Crippen MR) is 74.0 cm³/mol. The van der Waals surface area contributed by atoms with Crippen molar-refractivity contribution in [1.82, 2.24) is 29.7 Å². The maximum absolute atomic E-state index is 11.5. The van der Waals surface area contributed by atoms with Crippen molar-refractivity contribution in [3.8, 4) is 5.82 Å². The van der Waals surface area contributed by atoms with Gasteiger partial charge in [0.05, 0.1) is 25.6 Å². The number of ether oxygens (including phenoxy) is 1. The molecule has 0 aliphatic carbocycles. The number of methoxy groups -OCH3 is 1. The number of H-pyrrole nitrogens is 1. The molecule has 3 heterocycles. The van der Waals surface area contributed by atoms with Crippen LogP contribution in [0.4, 0.5) is 0 Å². The summed E-state index contributed by atoms with van der Waals surface area (Å²) in [5.74, 6) is 0.310. The van der Waals surface area contributed by atoms with Crippen LogP contribution >= 0.6 is 0 Å². The van der Waals surface area contributed by atoms with Crippen molar-refractivity contribution in [2.75, 3.05) is 7.11 Å². The van der Waals surface area contributed by atoms with E-state index in [1.54, 1.807) is 11.0 Å². The summed E-state index contributed by atoms with van der Waals surface area (Å²) in [5.41, 5.74) is 3.72. The molecule has 0 aromatic carbocycles. The molecule has 3 rings (SSSR count). The molecule has 3 aromatic heterocycles. The lowest BCUT2D eigenvalue weighted by atomic mass is 10.1. The Labute approximate surface area is 120 Å². The highest BCUT2D eigenvalue weighted by molar-refractivity contribution is 5.78. The monoisotopic (exact) mass is 286 g/mol. The van der Waals surface area contributed by atoms with Crippen molar-refractivity contribution < 1.29 is 9.53 Å². The van der Waals surface area contributed by atoms with Gasteiger partial charge in [0, 0.05) is 11.3 Å². The molecule has 0 radical (unpaired) electrons. The second-order valence-electron chi connectivity index (χ2n) is 4.61. The Kier molecular flexibility index (Phi) is 3.13. The van der Waals surface area contributed by atoms with Crippen molar-refractivity contribution >= 4 is 17.1 Å². The lowest BCUT2D eigenvalue weighted by molar-refractivity contribution is -0.139. The molecule has 108 valence electrons. The summed E-state index contributed by atoms with van der Waals surface area (Å²) in [6.07, 6.45) is 3.18. The minimum absolute atomic E-state index is 0.186. The standard InChI is InChI=1S/C13H14N6O2/c1-7-9(4-10(20)21-3)8(2)19(18-7)13-11-12(15-5-14-11)16-6-17-13/h5-6H,4H2,1-3H3,(H,14,15,16,17). The number of imidazole rings is 1. The highest BCUT2D eigenvalue weighted by atomic mass is 16.5. The predicted octanol–water partition coefficient (Wildman–Crippen LogP) is 0.871. The Balaban J connectivity index is 2.13. The molecule has 21 heavy (non-hydrogen) atoms. The largest absolute Gasteiger partial charge is 0.469 e. The van der Waals surface area contributed by atoms with Gasteiger partial charge in [0.25, 0.3) is 0 Å². The van der Waals surface area contributed by atoms with Gasteiger partial charge in [0.15, 0.2) is 11.5 Å². The summed E-state index contributed by atoms with van der Waals surface area (Å²) in [6, 6.07) is 0. The van der Waals surface area contributed by atoms with E-state index in [0.717, 1.165) is 17.0 Å². The number of aryl methyl sites for hydroxylation is 1. The molecular weight excluding hydrogens is 272 g/mol. The van der Waals surface area contributed by atoms with E-state index in [1.807, 2.05) is 13.8 Å². The number of hydrogen-bond donors (Lipinski definition) is 1. The number of rotatable bonds is 3. The zero-order valence-electron chi connectivity index (χ0n) is 11.9. The average Bonchev–Trinajstić information content (AvgIpc) is 3.06. The number of aromatic nitrogens is 6. The molecule has 0 unspecified atom stereocenters. The molecule has 0 aliphatic rings. The van der Waals surface area contributed by atoms with Gasteiger partial charge >= 0.3 is 5.97 Å². The van der Waals surface area contributed by atoms with E-state index < -0.39 is 0 Å². The summed E-state index contributed by atoms with van der Waals surface area (Å²) in [7, 11) is 1.37. The molecule has 0 fully saturated rings. The van der Waals surface area contributed by atoms with E-state index >= 15 is 0 Å². The van der Waals surface area contributed by atoms with Crippen molar-refractivity contribution in [2.24, 2.45) is 0 Å². The highest BCUT2D eigenvalue weighted by Gasteiger charge is 2.18. The van der Waals surface area contributed by atoms with Crippen LogP contribution in [0.25, 0.3) is 17.0 Å².